The Balaban J connectivity index is 1.96. The number of aliphatic hydroxyl groups is 1. The molecule has 0 aromatic carbocycles. The topological polar surface area (TPSA) is 41.3 Å². The van der Waals surface area contributed by atoms with Gasteiger partial charge in [0.25, 0.3) is 0 Å². The predicted octanol–water partition coefficient (Wildman–Crippen LogP) is 2.63. The first-order valence-electron chi connectivity index (χ1n) is 8.09. The number of hydrogen-bond acceptors (Lipinski definition) is 3. The number of rotatable bonds is 6. The molecule has 4 heteroatoms. The molecule has 0 bridgehead atoms. The maximum atomic E-state index is 10.7. The summed E-state index contributed by atoms with van der Waals surface area (Å²) < 4.78 is 2.07. The predicted molar refractivity (Wildman–Crippen MR) is 81.8 cm³/mol. The summed E-state index contributed by atoms with van der Waals surface area (Å²) in [5, 5.41) is 15.4. The second-order valence-electron chi connectivity index (χ2n) is 6.09. The number of nitrogens with zero attached hydrogens (tertiary/aromatic N) is 3. The van der Waals surface area contributed by atoms with Gasteiger partial charge in [-0.1, -0.05) is 20.8 Å². The molecule has 1 saturated heterocycles. The third kappa shape index (κ3) is 3.61. The van der Waals surface area contributed by atoms with Gasteiger partial charge in [0.1, 0.15) is 0 Å². The fourth-order valence-electron chi connectivity index (χ4n) is 3.14. The lowest BCUT2D eigenvalue weighted by Gasteiger charge is -2.37. The molecule has 1 aliphatic rings. The zero-order chi connectivity index (χ0) is 14.6. The number of hydrogen-bond donors (Lipinski definition) is 1. The van der Waals surface area contributed by atoms with Crippen LogP contribution in [-0.4, -0.2) is 45.0 Å². The van der Waals surface area contributed by atoms with Gasteiger partial charge in [-0.05, 0) is 38.3 Å². The Hall–Kier alpha value is -0.870. The molecular formula is C16H29N3O. The first kappa shape index (κ1) is 15.5. The molecule has 1 aromatic heterocycles. The zero-order valence-electron chi connectivity index (χ0n) is 13.2. The van der Waals surface area contributed by atoms with Crippen LogP contribution in [0.4, 0.5) is 0 Å². The van der Waals surface area contributed by atoms with E-state index in [1.54, 1.807) is 0 Å². The highest BCUT2D eigenvalue weighted by atomic mass is 16.3. The molecule has 20 heavy (non-hydrogen) atoms. The Labute approximate surface area is 122 Å². The van der Waals surface area contributed by atoms with Crippen molar-refractivity contribution >= 4 is 0 Å². The van der Waals surface area contributed by atoms with Crippen LogP contribution in [0.25, 0.3) is 0 Å². The van der Waals surface area contributed by atoms with Crippen LogP contribution in [-0.2, 0) is 6.42 Å². The van der Waals surface area contributed by atoms with Crippen LogP contribution in [0.1, 0.15) is 58.2 Å². The normalized spacial score (nSPS) is 19.6. The molecule has 2 heterocycles. The highest BCUT2D eigenvalue weighted by molar-refractivity contribution is 5.06. The van der Waals surface area contributed by atoms with Gasteiger partial charge in [-0.25, -0.2) is 0 Å². The van der Waals surface area contributed by atoms with Crippen LogP contribution >= 0.6 is 0 Å². The van der Waals surface area contributed by atoms with E-state index in [4.69, 9.17) is 0 Å². The van der Waals surface area contributed by atoms with E-state index in [2.05, 4.69) is 47.7 Å². The third-order valence-corrected chi connectivity index (χ3v) is 4.72. The average molecular weight is 279 g/mol. The van der Waals surface area contributed by atoms with Gasteiger partial charge in [0.2, 0.25) is 0 Å². The second-order valence-corrected chi connectivity index (χ2v) is 6.09. The monoisotopic (exact) mass is 279 g/mol. The number of aromatic nitrogens is 2. The van der Waals surface area contributed by atoms with Crippen molar-refractivity contribution in [3.63, 3.8) is 0 Å². The summed E-state index contributed by atoms with van der Waals surface area (Å²) in [6, 6.07) is 2.56. The highest BCUT2D eigenvalue weighted by Gasteiger charge is 2.32. The van der Waals surface area contributed by atoms with Crippen LogP contribution in [0.15, 0.2) is 12.3 Å². The average Bonchev–Trinajstić information content (AvgIpc) is 2.89. The Bertz CT molecular complexity index is 404. The fourth-order valence-corrected chi connectivity index (χ4v) is 3.14. The summed E-state index contributed by atoms with van der Waals surface area (Å²) in [6.07, 6.45) is 6.69. The molecule has 0 amide bonds. The van der Waals surface area contributed by atoms with Gasteiger partial charge in [-0.2, -0.15) is 5.10 Å². The van der Waals surface area contributed by atoms with E-state index in [0.717, 1.165) is 51.0 Å². The minimum atomic E-state index is -0.557. The van der Waals surface area contributed by atoms with E-state index in [0.29, 0.717) is 12.5 Å². The van der Waals surface area contributed by atoms with Crippen LogP contribution in [0.5, 0.6) is 0 Å². The quantitative estimate of drug-likeness (QED) is 0.870. The van der Waals surface area contributed by atoms with Crippen LogP contribution in [0.2, 0.25) is 0 Å². The summed E-state index contributed by atoms with van der Waals surface area (Å²) >= 11 is 0. The van der Waals surface area contributed by atoms with Gasteiger partial charge in [0.15, 0.2) is 0 Å². The molecule has 1 fully saturated rings. The summed E-state index contributed by atoms with van der Waals surface area (Å²) in [5.74, 6) is 0. The largest absolute Gasteiger partial charge is 0.389 e. The minimum Gasteiger partial charge on any atom is -0.389 e. The summed E-state index contributed by atoms with van der Waals surface area (Å²) in [6.45, 7) is 9.66. The minimum absolute atomic E-state index is 0.486. The summed E-state index contributed by atoms with van der Waals surface area (Å²) in [4.78, 5) is 2.40. The molecule has 0 unspecified atom stereocenters. The van der Waals surface area contributed by atoms with E-state index >= 15 is 0 Å². The lowest BCUT2D eigenvalue weighted by molar-refractivity contribution is -0.0202. The molecule has 0 radical (unpaired) electrons. The molecule has 0 atom stereocenters. The van der Waals surface area contributed by atoms with E-state index < -0.39 is 5.60 Å². The first-order chi connectivity index (χ1) is 9.60. The molecular weight excluding hydrogens is 250 g/mol. The molecule has 0 aliphatic carbocycles. The Morgan fingerprint density at radius 2 is 1.90 bits per heavy atom. The lowest BCUT2D eigenvalue weighted by Crippen LogP contribution is -2.45. The molecule has 1 N–H and O–H groups in total. The maximum absolute atomic E-state index is 10.7. The third-order valence-electron chi connectivity index (χ3n) is 4.72. The molecule has 1 aromatic rings. The summed E-state index contributed by atoms with van der Waals surface area (Å²) in [5.41, 5.74) is 0.475. The van der Waals surface area contributed by atoms with Gasteiger partial charge in [0, 0.05) is 25.7 Å². The van der Waals surface area contributed by atoms with Crippen molar-refractivity contribution in [2.45, 2.75) is 64.5 Å². The van der Waals surface area contributed by atoms with Gasteiger partial charge in [-0.15, -0.1) is 0 Å². The lowest BCUT2D eigenvalue weighted by atomic mass is 9.87. The highest BCUT2D eigenvalue weighted by Crippen LogP contribution is 2.26. The van der Waals surface area contributed by atoms with Crippen molar-refractivity contribution in [3.8, 4) is 0 Å². The van der Waals surface area contributed by atoms with Crippen molar-refractivity contribution in [1.82, 2.24) is 14.7 Å². The van der Waals surface area contributed by atoms with Crippen LogP contribution in [0, 0.1) is 0 Å². The van der Waals surface area contributed by atoms with E-state index in [1.165, 1.54) is 0 Å². The molecule has 1 aliphatic heterocycles. The van der Waals surface area contributed by atoms with E-state index in [-0.39, 0.29) is 0 Å². The Morgan fingerprint density at radius 1 is 1.25 bits per heavy atom. The van der Waals surface area contributed by atoms with Gasteiger partial charge < -0.3 is 10.0 Å². The maximum Gasteiger partial charge on any atom is 0.0728 e. The Kier molecular flexibility index (Phi) is 5.22. The molecule has 0 saturated carbocycles. The van der Waals surface area contributed by atoms with Crippen molar-refractivity contribution in [1.29, 1.82) is 0 Å². The summed E-state index contributed by atoms with van der Waals surface area (Å²) in [7, 11) is 0. The zero-order valence-corrected chi connectivity index (χ0v) is 13.2. The number of likely N-dealkylation sites (tertiary alicyclic amines) is 1. The van der Waals surface area contributed by atoms with Crippen molar-refractivity contribution in [2.24, 2.45) is 0 Å². The number of piperidine rings is 1. The standard InChI is InChI=1S/C16H29N3O/c1-4-15(5-2)19-10-7-14(17-19)13-16(20)8-11-18(6-3)12-9-16/h7,10,15,20H,4-6,8-9,11-13H2,1-3H3. The second kappa shape index (κ2) is 6.72. The molecule has 2 rings (SSSR count). The van der Waals surface area contributed by atoms with E-state index in [1.807, 2.05) is 0 Å². The SMILES string of the molecule is CCC(CC)n1ccc(CC2(O)CCN(CC)CC2)n1. The molecule has 4 nitrogen and oxygen atoms in total. The fraction of sp³-hybridized carbons (Fsp3) is 0.812. The molecule has 114 valence electrons. The van der Waals surface area contributed by atoms with Crippen molar-refractivity contribution in [2.75, 3.05) is 19.6 Å². The van der Waals surface area contributed by atoms with Crippen molar-refractivity contribution in [3.05, 3.63) is 18.0 Å². The van der Waals surface area contributed by atoms with Crippen molar-refractivity contribution < 1.29 is 5.11 Å². The van der Waals surface area contributed by atoms with Crippen LogP contribution in [0.3, 0.4) is 0 Å². The van der Waals surface area contributed by atoms with Gasteiger partial charge >= 0.3 is 0 Å². The molecule has 0 spiro atoms. The van der Waals surface area contributed by atoms with E-state index in [9.17, 15) is 5.11 Å². The smallest absolute Gasteiger partial charge is 0.0728 e. The van der Waals surface area contributed by atoms with Gasteiger partial charge in [0.05, 0.1) is 17.3 Å². The van der Waals surface area contributed by atoms with Gasteiger partial charge in [-0.3, -0.25) is 4.68 Å². The first-order valence-corrected chi connectivity index (χ1v) is 8.09. The van der Waals surface area contributed by atoms with Crippen LogP contribution < -0.4 is 0 Å². The Morgan fingerprint density at radius 3 is 2.45 bits per heavy atom.